The number of nitrogens with one attached hydrogen (secondary N) is 1. The fourth-order valence-electron chi connectivity index (χ4n) is 3.86. The van der Waals surface area contributed by atoms with E-state index in [-0.39, 0.29) is 40.0 Å². The van der Waals surface area contributed by atoms with Gasteiger partial charge in [0.05, 0.1) is 22.7 Å². The van der Waals surface area contributed by atoms with E-state index in [0.717, 1.165) is 5.57 Å². The third kappa shape index (κ3) is 3.31. The third-order valence-corrected chi connectivity index (χ3v) is 4.85. The summed E-state index contributed by atoms with van der Waals surface area (Å²) in [6, 6.07) is 2.18. The number of rotatable bonds is 3. The number of hydrazine groups is 1. The number of benzene rings is 1. The highest BCUT2D eigenvalue weighted by molar-refractivity contribution is 6.22. The molecule has 0 saturated heterocycles. The lowest BCUT2D eigenvalue weighted by Gasteiger charge is -2.44. The Morgan fingerprint density at radius 3 is 2.39 bits per heavy atom. The van der Waals surface area contributed by atoms with Crippen LogP contribution >= 0.6 is 0 Å². The van der Waals surface area contributed by atoms with Gasteiger partial charge < -0.3 is 15.1 Å². The first-order valence-electron chi connectivity index (χ1n) is 8.96. The second-order valence-corrected chi connectivity index (χ2v) is 7.32. The van der Waals surface area contributed by atoms with Crippen molar-refractivity contribution in [1.82, 2.24) is 10.0 Å². The average Bonchev–Trinajstić information content (AvgIpc) is 2.58. The van der Waals surface area contributed by atoms with E-state index in [0.29, 0.717) is 6.42 Å². The fourth-order valence-corrected chi connectivity index (χ4v) is 3.86. The summed E-state index contributed by atoms with van der Waals surface area (Å²) in [5.74, 6) is -2.09. The Balaban J connectivity index is 2.24. The lowest BCUT2D eigenvalue weighted by molar-refractivity contribution is -0.131. The monoisotopic (exact) mass is 385 g/mol. The van der Waals surface area contributed by atoms with Crippen LogP contribution in [0.15, 0.2) is 23.9 Å². The summed E-state index contributed by atoms with van der Waals surface area (Å²) in [7, 11) is 3.58. The van der Waals surface area contributed by atoms with Crippen molar-refractivity contribution < 1.29 is 23.9 Å². The number of esters is 1. The molecule has 1 aliphatic carbocycles. The van der Waals surface area contributed by atoms with E-state index in [9.17, 15) is 19.2 Å². The Bertz CT molecular complexity index is 919. The van der Waals surface area contributed by atoms with E-state index < -0.39 is 17.9 Å². The standard InChI is InChI=1S/C20H23N3O5/c1-10-8-13-18(23(9-10)22(4)5)20(27)17-15(28-12(3)25)7-6-14(21-11(2)24)16(17)19(13)26/h6-7,9,13,18H,8H2,1-5H3,(H,21,24)/t13-,18+/m1/s1. The normalized spacial score (nSPS) is 21.1. The molecule has 148 valence electrons. The van der Waals surface area contributed by atoms with Gasteiger partial charge in [-0.05, 0) is 25.5 Å². The van der Waals surface area contributed by atoms with E-state index in [1.807, 2.05) is 13.1 Å². The van der Waals surface area contributed by atoms with Gasteiger partial charge in [-0.1, -0.05) is 5.57 Å². The van der Waals surface area contributed by atoms with Crippen LogP contribution in [-0.2, 0) is 9.59 Å². The Morgan fingerprint density at radius 2 is 1.82 bits per heavy atom. The molecule has 0 unspecified atom stereocenters. The molecule has 2 atom stereocenters. The van der Waals surface area contributed by atoms with Gasteiger partial charge in [-0.2, -0.15) is 0 Å². The van der Waals surface area contributed by atoms with Crippen molar-refractivity contribution in [1.29, 1.82) is 0 Å². The van der Waals surface area contributed by atoms with Crippen molar-refractivity contribution in [2.75, 3.05) is 19.4 Å². The number of allylic oxidation sites excluding steroid dienone is 1. The SMILES string of the molecule is CC(=O)Nc1ccc(OC(C)=O)c2c1C(=O)[C@@H]1CC(C)=CN(N(C)C)[C@@H]1C2=O. The Hall–Kier alpha value is -3.00. The lowest BCUT2D eigenvalue weighted by Crippen LogP contribution is -2.56. The summed E-state index contributed by atoms with van der Waals surface area (Å²) >= 11 is 0. The van der Waals surface area contributed by atoms with Gasteiger partial charge in [0.1, 0.15) is 11.8 Å². The van der Waals surface area contributed by atoms with Crippen LogP contribution < -0.4 is 10.1 Å². The fraction of sp³-hybridized carbons (Fsp3) is 0.400. The van der Waals surface area contributed by atoms with Gasteiger partial charge in [-0.25, -0.2) is 5.01 Å². The van der Waals surface area contributed by atoms with Gasteiger partial charge in [-0.15, -0.1) is 0 Å². The third-order valence-electron chi connectivity index (χ3n) is 4.85. The average molecular weight is 385 g/mol. The Kier molecular flexibility index (Phi) is 5.08. The maximum Gasteiger partial charge on any atom is 0.308 e. The molecule has 1 aromatic carbocycles. The number of hydrogen-bond donors (Lipinski definition) is 1. The molecule has 0 aromatic heterocycles. The molecular weight excluding hydrogens is 362 g/mol. The highest BCUT2D eigenvalue weighted by Crippen LogP contribution is 2.42. The zero-order valence-electron chi connectivity index (χ0n) is 16.5. The zero-order valence-corrected chi connectivity index (χ0v) is 16.5. The van der Waals surface area contributed by atoms with Gasteiger partial charge in [0, 0.05) is 34.1 Å². The van der Waals surface area contributed by atoms with Gasteiger partial charge in [-0.3, -0.25) is 19.2 Å². The van der Waals surface area contributed by atoms with E-state index in [4.69, 9.17) is 4.74 Å². The number of fused-ring (bicyclic) bond motifs is 2. The molecule has 1 aromatic rings. The zero-order chi connectivity index (χ0) is 20.7. The summed E-state index contributed by atoms with van der Waals surface area (Å²) in [4.78, 5) is 50.1. The molecule has 0 fully saturated rings. The molecule has 8 nitrogen and oxygen atoms in total. The minimum atomic E-state index is -0.736. The van der Waals surface area contributed by atoms with Gasteiger partial charge in [0.15, 0.2) is 11.6 Å². The molecule has 8 heteroatoms. The summed E-state index contributed by atoms with van der Waals surface area (Å²) in [5.41, 5.74) is 1.36. The molecule has 2 aliphatic rings. The Morgan fingerprint density at radius 1 is 1.14 bits per heavy atom. The number of carbonyl (C=O) groups is 4. The summed E-state index contributed by atoms with van der Waals surface area (Å²) in [5, 5.41) is 6.10. The number of amides is 1. The van der Waals surface area contributed by atoms with Gasteiger partial charge in [0.25, 0.3) is 0 Å². The van der Waals surface area contributed by atoms with E-state index in [1.54, 1.807) is 24.1 Å². The largest absolute Gasteiger partial charge is 0.426 e. The van der Waals surface area contributed by atoms with Crippen molar-refractivity contribution >= 4 is 29.1 Å². The number of anilines is 1. The van der Waals surface area contributed by atoms with Gasteiger partial charge in [0.2, 0.25) is 5.91 Å². The molecule has 0 spiro atoms. The molecule has 1 N–H and O–H groups in total. The molecule has 0 radical (unpaired) electrons. The van der Waals surface area contributed by atoms with Crippen LogP contribution in [0.1, 0.15) is 47.9 Å². The van der Waals surface area contributed by atoms with Crippen LogP contribution in [0.5, 0.6) is 5.75 Å². The topological polar surface area (TPSA) is 96.0 Å². The van der Waals surface area contributed by atoms with E-state index >= 15 is 0 Å². The number of hydrogen-bond acceptors (Lipinski definition) is 7. The van der Waals surface area contributed by atoms with Crippen molar-refractivity contribution in [2.24, 2.45) is 5.92 Å². The van der Waals surface area contributed by atoms with Gasteiger partial charge >= 0.3 is 5.97 Å². The maximum atomic E-state index is 13.5. The van der Waals surface area contributed by atoms with Crippen molar-refractivity contribution in [3.63, 3.8) is 0 Å². The number of Topliss-reactive ketones (excluding diaryl/α,β-unsaturated/α-hetero) is 2. The van der Waals surface area contributed by atoms with Crippen LogP contribution in [-0.4, -0.2) is 53.6 Å². The molecule has 1 heterocycles. The molecule has 3 rings (SSSR count). The maximum absolute atomic E-state index is 13.5. The second kappa shape index (κ2) is 7.20. The number of carbonyl (C=O) groups excluding carboxylic acids is 4. The number of nitrogens with zero attached hydrogens (tertiary/aromatic N) is 2. The summed E-state index contributed by atoms with van der Waals surface area (Å²) < 4.78 is 5.22. The molecular formula is C20H23N3O5. The second-order valence-electron chi connectivity index (χ2n) is 7.32. The number of ketones is 2. The highest BCUT2D eigenvalue weighted by atomic mass is 16.5. The molecule has 1 aliphatic heterocycles. The van der Waals surface area contributed by atoms with Crippen LogP contribution in [0.3, 0.4) is 0 Å². The molecule has 0 saturated carbocycles. The lowest BCUT2D eigenvalue weighted by atomic mass is 9.73. The van der Waals surface area contributed by atoms with Crippen molar-refractivity contribution in [3.05, 3.63) is 35.0 Å². The minimum Gasteiger partial charge on any atom is -0.426 e. The van der Waals surface area contributed by atoms with E-state index in [2.05, 4.69) is 5.32 Å². The first-order valence-corrected chi connectivity index (χ1v) is 8.96. The first-order chi connectivity index (χ1) is 13.1. The summed E-state index contributed by atoms with van der Waals surface area (Å²) in [6.07, 6.45) is 2.29. The molecule has 1 amide bonds. The molecule has 28 heavy (non-hydrogen) atoms. The van der Waals surface area contributed by atoms with Crippen LogP contribution in [0.2, 0.25) is 0 Å². The predicted molar refractivity (Wildman–Crippen MR) is 102 cm³/mol. The van der Waals surface area contributed by atoms with E-state index in [1.165, 1.54) is 26.0 Å². The van der Waals surface area contributed by atoms with Crippen LogP contribution in [0, 0.1) is 5.92 Å². The Labute approximate surface area is 163 Å². The number of ether oxygens (including phenoxy) is 1. The van der Waals surface area contributed by atoms with Crippen LogP contribution in [0.25, 0.3) is 0 Å². The quantitative estimate of drug-likeness (QED) is 0.628. The van der Waals surface area contributed by atoms with Crippen molar-refractivity contribution in [3.8, 4) is 5.75 Å². The minimum absolute atomic E-state index is 0.0263. The van der Waals surface area contributed by atoms with Crippen LogP contribution in [0.4, 0.5) is 5.69 Å². The van der Waals surface area contributed by atoms with Crippen molar-refractivity contribution in [2.45, 2.75) is 33.2 Å². The molecule has 0 bridgehead atoms. The predicted octanol–water partition coefficient (Wildman–Crippen LogP) is 2.02. The summed E-state index contributed by atoms with van der Waals surface area (Å²) in [6.45, 7) is 4.46. The first kappa shape index (κ1) is 19.8. The smallest absolute Gasteiger partial charge is 0.308 e. The highest BCUT2D eigenvalue weighted by Gasteiger charge is 2.49.